The summed E-state index contributed by atoms with van der Waals surface area (Å²) >= 11 is 0. The number of amides is 1. The van der Waals surface area contributed by atoms with Crippen LogP contribution in [0.4, 0.5) is 4.79 Å². The molecule has 1 amide bonds. The lowest BCUT2D eigenvalue weighted by molar-refractivity contribution is 0.0799. The normalized spacial score (nSPS) is 18.2. The van der Waals surface area contributed by atoms with Gasteiger partial charge in [0, 0.05) is 13.1 Å². The van der Waals surface area contributed by atoms with Gasteiger partial charge in [0.05, 0.1) is 6.61 Å². The van der Waals surface area contributed by atoms with Gasteiger partial charge in [-0.1, -0.05) is 20.8 Å². The molecule has 100 valence electrons. The van der Waals surface area contributed by atoms with Crippen molar-refractivity contribution in [3.8, 4) is 0 Å². The molecule has 1 saturated heterocycles. The number of nitrogens with two attached hydrogens (primary N) is 1. The summed E-state index contributed by atoms with van der Waals surface area (Å²) < 4.78 is 5.28. The zero-order valence-electron chi connectivity index (χ0n) is 11.4. The molecule has 17 heavy (non-hydrogen) atoms. The van der Waals surface area contributed by atoms with Crippen LogP contribution in [0.3, 0.4) is 0 Å². The predicted octanol–water partition coefficient (Wildman–Crippen LogP) is 2.23. The number of likely N-dealkylation sites (tertiary alicyclic amines) is 1. The van der Waals surface area contributed by atoms with Crippen LogP contribution in [0.25, 0.3) is 0 Å². The van der Waals surface area contributed by atoms with Gasteiger partial charge in [0.1, 0.15) is 0 Å². The number of hydrogen-bond donors (Lipinski definition) is 1. The molecule has 1 heterocycles. The van der Waals surface area contributed by atoms with Gasteiger partial charge in [-0.25, -0.2) is 4.79 Å². The Hall–Kier alpha value is -0.770. The van der Waals surface area contributed by atoms with Crippen molar-refractivity contribution in [2.75, 3.05) is 26.2 Å². The van der Waals surface area contributed by atoms with Crippen molar-refractivity contribution in [1.29, 1.82) is 0 Å². The first-order valence-corrected chi connectivity index (χ1v) is 6.54. The number of piperidine rings is 1. The van der Waals surface area contributed by atoms with E-state index in [4.69, 9.17) is 10.5 Å². The number of nitrogens with zero attached hydrogens (tertiary/aromatic N) is 1. The van der Waals surface area contributed by atoms with Crippen molar-refractivity contribution in [3.05, 3.63) is 0 Å². The zero-order chi connectivity index (χ0) is 12.9. The van der Waals surface area contributed by atoms with Crippen LogP contribution < -0.4 is 5.73 Å². The molecule has 0 aliphatic carbocycles. The molecule has 0 aromatic heterocycles. The maximum Gasteiger partial charge on any atom is 0.409 e. The third-order valence-corrected chi connectivity index (χ3v) is 3.28. The van der Waals surface area contributed by atoms with E-state index in [1.165, 1.54) is 0 Å². The van der Waals surface area contributed by atoms with Gasteiger partial charge in [0.2, 0.25) is 0 Å². The van der Waals surface area contributed by atoms with Gasteiger partial charge in [0.15, 0.2) is 0 Å². The molecule has 1 aliphatic heterocycles. The van der Waals surface area contributed by atoms with Crippen molar-refractivity contribution in [2.45, 2.75) is 40.0 Å². The summed E-state index contributed by atoms with van der Waals surface area (Å²) in [7, 11) is 0. The van der Waals surface area contributed by atoms with Crippen LogP contribution >= 0.6 is 0 Å². The summed E-state index contributed by atoms with van der Waals surface area (Å²) in [6, 6.07) is 0. The molecule has 1 aliphatic rings. The van der Waals surface area contributed by atoms with Crippen molar-refractivity contribution in [1.82, 2.24) is 4.90 Å². The number of ether oxygens (including phenoxy) is 1. The highest BCUT2D eigenvalue weighted by Gasteiger charge is 2.23. The maximum absolute atomic E-state index is 11.8. The summed E-state index contributed by atoms with van der Waals surface area (Å²) in [4.78, 5) is 13.6. The summed E-state index contributed by atoms with van der Waals surface area (Å²) in [5.74, 6) is 0.577. The second kappa shape index (κ2) is 6.24. The lowest BCUT2D eigenvalue weighted by atomic mass is 9.93. The van der Waals surface area contributed by atoms with E-state index in [0.717, 1.165) is 38.9 Å². The molecular weight excluding hydrogens is 216 g/mol. The standard InChI is InChI=1S/C13H26N2O2/c1-13(2,3)6-9-17-12(16)15-7-4-11(10-14)5-8-15/h11H,4-10,14H2,1-3H3. The average Bonchev–Trinajstić information content (AvgIpc) is 2.27. The molecule has 4 heteroatoms. The second-order valence-electron chi connectivity index (χ2n) is 6.09. The molecule has 0 radical (unpaired) electrons. The lowest BCUT2D eigenvalue weighted by Gasteiger charge is -2.30. The van der Waals surface area contributed by atoms with Crippen LogP contribution in [-0.4, -0.2) is 37.2 Å². The van der Waals surface area contributed by atoms with Crippen LogP contribution in [0.15, 0.2) is 0 Å². The van der Waals surface area contributed by atoms with Gasteiger partial charge in [-0.3, -0.25) is 0 Å². The van der Waals surface area contributed by atoms with E-state index in [1.54, 1.807) is 4.90 Å². The molecule has 0 bridgehead atoms. The van der Waals surface area contributed by atoms with E-state index in [-0.39, 0.29) is 11.5 Å². The molecule has 0 aromatic carbocycles. The van der Waals surface area contributed by atoms with Gasteiger partial charge in [-0.15, -0.1) is 0 Å². The van der Waals surface area contributed by atoms with Gasteiger partial charge in [0.25, 0.3) is 0 Å². The maximum atomic E-state index is 11.8. The van der Waals surface area contributed by atoms with Crippen LogP contribution in [0.2, 0.25) is 0 Å². The average molecular weight is 242 g/mol. The molecular formula is C13H26N2O2. The summed E-state index contributed by atoms with van der Waals surface area (Å²) in [6.45, 7) is 9.26. The fraction of sp³-hybridized carbons (Fsp3) is 0.923. The van der Waals surface area contributed by atoms with E-state index in [1.807, 2.05) is 0 Å². The minimum Gasteiger partial charge on any atom is -0.449 e. The van der Waals surface area contributed by atoms with Crippen molar-refractivity contribution in [2.24, 2.45) is 17.1 Å². The quantitative estimate of drug-likeness (QED) is 0.825. The summed E-state index contributed by atoms with van der Waals surface area (Å²) in [6.07, 6.45) is 2.75. The number of rotatable bonds is 3. The van der Waals surface area contributed by atoms with Gasteiger partial charge < -0.3 is 15.4 Å². The Kier molecular flexibility index (Phi) is 5.25. The predicted molar refractivity (Wildman–Crippen MR) is 68.8 cm³/mol. The van der Waals surface area contributed by atoms with E-state index < -0.39 is 0 Å². The van der Waals surface area contributed by atoms with Gasteiger partial charge >= 0.3 is 6.09 Å². The minimum absolute atomic E-state index is 0.162. The van der Waals surface area contributed by atoms with E-state index >= 15 is 0 Å². The SMILES string of the molecule is CC(C)(C)CCOC(=O)N1CCC(CN)CC1. The number of carbonyl (C=O) groups is 1. The van der Waals surface area contributed by atoms with Crippen LogP contribution in [-0.2, 0) is 4.74 Å². The Morgan fingerprint density at radius 1 is 1.35 bits per heavy atom. The van der Waals surface area contributed by atoms with E-state index in [0.29, 0.717) is 12.5 Å². The monoisotopic (exact) mass is 242 g/mol. The second-order valence-corrected chi connectivity index (χ2v) is 6.09. The summed E-state index contributed by atoms with van der Waals surface area (Å²) in [5.41, 5.74) is 5.83. The van der Waals surface area contributed by atoms with Gasteiger partial charge in [-0.05, 0) is 37.1 Å². The highest BCUT2D eigenvalue weighted by Crippen LogP contribution is 2.19. The van der Waals surface area contributed by atoms with E-state index in [9.17, 15) is 4.79 Å². The molecule has 2 N–H and O–H groups in total. The Morgan fingerprint density at radius 2 is 1.94 bits per heavy atom. The fourth-order valence-electron chi connectivity index (χ4n) is 1.89. The molecule has 0 unspecified atom stereocenters. The first-order chi connectivity index (χ1) is 7.92. The van der Waals surface area contributed by atoms with E-state index in [2.05, 4.69) is 20.8 Å². The smallest absolute Gasteiger partial charge is 0.409 e. The zero-order valence-corrected chi connectivity index (χ0v) is 11.4. The van der Waals surface area contributed by atoms with Crippen molar-refractivity contribution < 1.29 is 9.53 Å². The van der Waals surface area contributed by atoms with Gasteiger partial charge in [-0.2, -0.15) is 0 Å². The lowest BCUT2D eigenvalue weighted by Crippen LogP contribution is -2.40. The molecule has 1 rings (SSSR count). The molecule has 4 nitrogen and oxygen atoms in total. The highest BCUT2D eigenvalue weighted by atomic mass is 16.6. The third-order valence-electron chi connectivity index (χ3n) is 3.28. The molecule has 0 spiro atoms. The molecule has 1 fully saturated rings. The summed E-state index contributed by atoms with van der Waals surface area (Å²) in [5, 5.41) is 0. The van der Waals surface area contributed by atoms with Crippen molar-refractivity contribution in [3.63, 3.8) is 0 Å². The van der Waals surface area contributed by atoms with Crippen molar-refractivity contribution >= 4 is 6.09 Å². The number of hydrogen-bond acceptors (Lipinski definition) is 3. The third kappa shape index (κ3) is 5.39. The Labute approximate surface area is 104 Å². The Balaban J connectivity index is 2.21. The minimum atomic E-state index is -0.162. The van der Waals surface area contributed by atoms with Crippen LogP contribution in [0, 0.1) is 11.3 Å². The first kappa shape index (κ1) is 14.3. The fourth-order valence-corrected chi connectivity index (χ4v) is 1.89. The largest absolute Gasteiger partial charge is 0.449 e. The number of carbonyl (C=O) groups excluding carboxylic acids is 1. The van der Waals surface area contributed by atoms with Crippen LogP contribution in [0.1, 0.15) is 40.0 Å². The molecule has 0 saturated carbocycles. The van der Waals surface area contributed by atoms with Crippen LogP contribution in [0.5, 0.6) is 0 Å². The Morgan fingerprint density at radius 3 is 2.41 bits per heavy atom. The molecule has 0 aromatic rings. The topological polar surface area (TPSA) is 55.6 Å². The highest BCUT2D eigenvalue weighted by molar-refractivity contribution is 5.67. The first-order valence-electron chi connectivity index (χ1n) is 6.54. The molecule has 0 atom stereocenters. The Bertz CT molecular complexity index is 240.